The number of hydrogen-bond acceptors (Lipinski definition) is 3. The van der Waals surface area contributed by atoms with E-state index < -0.39 is 8.32 Å². The maximum atomic E-state index is 5.96. The first-order valence-electron chi connectivity index (χ1n) is 6.87. The molecule has 1 rings (SSSR count). The van der Waals surface area contributed by atoms with Gasteiger partial charge in [-0.2, -0.15) is 0 Å². The van der Waals surface area contributed by atoms with Crippen LogP contribution in [-0.4, -0.2) is 39.5 Å². The quantitative estimate of drug-likeness (QED) is 0.402. The Morgan fingerprint density at radius 1 is 1.22 bits per heavy atom. The summed E-state index contributed by atoms with van der Waals surface area (Å²) >= 11 is 0. The minimum Gasteiger partial charge on any atom is -0.520 e. The Kier molecular flexibility index (Phi) is 6.50. The SMILES string of the molecule is C/C=C/CO/C(=C/CN1CCCC1)O[Si](C)(C)C. The summed E-state index contributed by atoms with van der Waals surface area (Å²) in [6.45, 7) is 12.5. The number of allylic oxidation sites excluding steroid dienone is 1. The van der Waals surface area contributed by atoms with Crippen molar-refractivity contribution in [1.82, 2.24) is 4.90 Å². The van der Waals surface area contributed by atoms with Crippen molar-refractivity contribution in [1.29, 1.82) is 0 Å². The van der Waals surface area contributed by atoms with Gasteiger partial charge in [0.1, 0.15) is 6.61 Å². The summed E-state index contributed by atoms with van der Waals surface area (Å²) in [5.74, 6) is 0.708. The molecule has 0 amide bonds. The standard InChI is InChI=1S/C14H27NO2Si/c1-5-6-13-16-14(17-18(2,3)4)9-12-15-10-7-8-11-15/h5-6,9H,7-8,10-13H2,1-4H3/b6-5+,14-9-. The van der Waals surface area contributed by atoms with Crippen molar-refractivity contribution in [2.75, 3.05) is 26.2 Å². The lowest BCUT2D eigenvalue weighted by molar-refractivity contribution is 0.120. The van der Waals surface area contributed by atoms with Gasteiger partial charge < -0.3 is 9.16 Å². The van der Waals surface area contributed by atoms with Crippen LogP contribution in [0.4, 0.5) is 0 Å². The number of likely N-dealkylation sites (tertiary alicyclic amines) is 1. The van der Waals surface area contributed by atoms with Crippen molar-refractivity contribution in [3.63, 3.8) is 0 Å². The van der Waals surface area contributed by atoms with Crippen LogP contribution >= 0.6 is 0 Å². The molecule has 1 heterocycles. The highest BCUT2D eigenvalue weighted by molar-refractivity contribution is 6.69. The largest absolute Gasteiger partial charge is 0.520 e. The van der Waals surface area contributed by atoms with Crippen molar-refractivity contribution in [2.45, 2.75) is 39.4 Å². The van der Waals surface area contributed by atoms with E-state index in [4.69, 9.17) is 9.16 Å². The molecule has 1 aliphatic heterocycles. The first-order chi connectivity index (χ1) is 8.51. The van der Waals surface area contributed by atoms with Gasteiger partial charge in [-0.3, -0.25) is 4.90 Å². The minimum absolute atomic E-state index is 0.590. The molecule has 104 valence electrons. The topological polar surface area (TPSA) is 21.7 Å². The summed E-state index contributed by atoms with van der Waals surface area (Å²) in [5, 5.41) is 0. The van der Waals surface area contributed by atoms with Crippen molar-refractivity contribution < 1.29 is 9.16 Å². The van der Waals surface area contributed by atoms with E-state index in [1.807, 2.05) is 19.1 Å². The molecule has 0 saturated carbocycles. The van der Waals surface area contributed by atoms with Crippen LogP contribution in [0.15, 0.2) is 24.2 Å². The Bertz CT molecular complexity index is 289. The zero-order valence-corrected chi connectivity index (χ0v) is 13.2. The maximum absolute atomic E-state index is 5.96. The summed E-state index contributed by atoms with van der Waals surface area (Å²) in [6.07, 6.45) is 8.71. The fraction of sp³-hybridized carbons (Fsp3) is 0.714. The summed E-state index contributed by atoms with van der Waals surface area (Å²) in [4.78, 5) is 2.44. The molecule has 3 nitrogen and oxygen atoms in total. The van der Waals surface area contributed by atoms with Gasteiger partial charge in [0.2, 0.25) is 8.32 Å². The molecule has 0 aromatic rings. The fourth-order valence-electron chi connectivity index (χ4n) is 1.83. The van der Waals surface area contributed by atoms with Crippen LogP contribution in [0.3, 0.4) is 0 Å². The van der Waals surface area contributed by atoms with Gasteiger partial charge >= 0.3 is 0 Å². The number of rotatable bonds is 7. The third-order valence-corrected chi connectivity index (χ3v) is 3.49. The average Bonchev–Trinajstić information content (AvgIpc) is 2.77. The lowest BCUT2D eigenvalue weighted by Gasteiger charge is -2.22. The van der Waals surface area contributed by atoms with E-state index >= 15 is 0 Å². The molecular weight excluding hydrogens is 242 g/mol. The Morgan fingerprint density at radius 2 is 1.89 bits per heavy atom. The van der Waals surface area contributed by atoms with Crippen LogP contribution < -0.4 is 0 Å². The van der Waals surface area contributed by atoms with Gasteiger partial charge in [-0.15, -0.1) is 0 Å². The molecule has 4 heteroatoms. The van der Waals surface area contributed by atoms with Gasteiger partial charge in [0, 0.05) is 12.6 Å². The van der Waals surface area contributed by atoms with E-state index in [1.54, 1.807) is 0 Å². The lowest BCUT2D eigenvalue weighted by Crippen LogP contribution is -2.27. The van der Waals surface area contributed by atoms with Gasteiger partial charge in [0.05, 0.1) is 0 Å². The van der Waals surface area contributed by atoms with Crippen molar-refractivity contribution in [2.24, 2.45) is 0 Å². The normalized spacial score (nSPS) is 18.6. The second kappa shape index (κ2) is 7.64. The molecule has 0 spiro atoms. The molecule has 0 atom stereocenters. The smallest absolute Gasteiger partial charge is 0.262 e. The number of nitrogens with zero attached hydrogens (tertiary/aromatic N) is 1. The highest BCUT2D eigenvalue weighted by Crippen LogP contribution is 2.13. The van der Waals surface area contributed by atoms with Crippen molar-refractivity contribution >= 4 is 8.32 Å². The first kappa shape index (κ1) is 15.3. The van der Waals surface area contributed by atoms with Gasteiger partial charge in [0.15, 0.2) is 0 Å². The number of hydrogen-bond donors (Lipinski definition) is 0. The van der Waals surface area contributed by atoms with E-state index in [1.165, 1.54) is 25.9 Å². The monoisotopic (exact) mass is 269 g/mol. The Morgan fingerprint density at radius 3 is 2.44 bits per heavy atom. The van der Waals surface area contributed by atoms with Gasteiger partial charge in [-0.05, 0) is 52.5 Å². The van der Waals surface area contributed by atoms with E-state index in [0.29, 0.717) is 12.6 Å². The van der Waals surface area contributed by atoms with Gasteiger partial charge in [-0.1, -0.05) is 12.2 Å². The van der Waals surface area contributed by atoms with Crippen LogP contribution in [0, 0.1) is 0 Å². The average molecular weight is 269 g/mol. The third-order valence-electron chi connectivity index (χ3n) is 2.68. The van der Waals surface area contributed by atoms with E-state index in [9.17, 15) is 0 Å². The van der Waals surface area contributed by atoms with Gasteiger partial charge in [-0.25, -0.2) is 0 Å². The second-order valence-corrected chi connectivity index (χ2v) is 10.1. The summed E-state index contributed by atoms with van der Waals surface area (Å²) in [6, 6.07) is 0. The molecule has 0 bridgehead atoms. The zero-order valence-electron chi connectivity index (χ0n) is 12.2. The molecule has 0 aromatic heterocycles. The molecule has 0 aliphatic carbocycles. The molecule has 0 radical (unpaired) electrons. The lowest BCUT2D eigenvalue weighted by atomic mass is 10.4. The summed E-state index contributed by atoms with van der Waals surface area (Å²) in [7, 11) is -1.59. The fourth-order valence-corrected chi connectivity index (χ4v) is 2.57. The predicted molar refractivity (Wildman–Crippen MR) is 79.0 cm³/mol. The van der Waals surface area contributed by atoms with Crippen LogP contribution in [0.1, 0.15) is 19.8 Å². The summed E-state index contributed by atoms with van der Waals surface area (Å²) < 4.78 is 11.6. The predicted octanol–water partition coefficient (Wildman–Crippen LogP) is 3.37. The highest BCUT2D eigenvalue weighted by atomic mass is 28.4. The van der Waals surface area contributed by atoms with Crippen molar-refractivity contribution in [3.8, 4) is 0 Å². The molecule has 1 aliphatic rings. The van der Waals surface area contributed by atoms with E-state index in [-0.39, 0.29) is 0 Å². The van der Waals surface area contributed by atoms with Gasteiger partial charge in [0.25, 0.3) is 5.95 Å². The zero-order chi connectivity index (χ0) is 13.4. The van der Waals surface area contributed by atoms with Crippen LogP contribution in [-0.2, 0) is 9.16 Å². The maximum Gasteiger partial charge on any atom is 0.262 e. The van der Waals surface area contributed by atoms with Crippen LogP contribution in [0.5, 0.6) is 0 Å². The van der Waals surface area contributed by atoms with E-state index in [2.05, 4.69) is 30.6 Å². The Balaban J connectivity index is 2.48. The molecule has 1 fully saturated rings. The number of ether oxygens (including phenoxy) is 1. The second-order valence-electron chi connectivity index (χ2n) is 5.63. The Hall–Kier alpha value is -0.743. The molecule has 0 N–H and O–H groups in total. The molecule has 0 unspecified atom stereocenters. The molecule has 18 heavy (non-hydrogen) atoms. The summed E-state index contributed by atoms with van der Waals surface area (Å²) in [5.41, 5.74) is 0. The third kappa shape index (κ3) is 6.86. The van der Waals surface area contributed by atoms with Crippen molar-refractivity contribution in [3.05, 3.63) is 24.2 Å². The van der Waals surface area contributed by atoms with Crippen LogP contribution in [0.2, 0.25) is 19.6 Å². The molecule has 1 saturated heterocycles. The van der Waals surface area contributed by atoms with Crippen LogP contribution in [0.25, 0.3) is 0 Å². The Labute approximate surface area is 113 Å². The first-order valence-corrected chi connectivity index (χ1v) is 10.3. The minimum atomic E-state index is -1.59. The molecule has 0 aromatic carbocycles. The van der Waals surface area contributed by atoms with E-state index in [0.717, 1.165) is 6.54 Å². The molecular formula is C14H27NO2Si. The highest BCUT2D eigenvalue weighted by Gasteiger charge is 2.19.